The minimum atomic E-state index is -4.66. The van der Waals surface area contributed by atoms with Gasteiger partial charge in [0, 0.05) is 14.1 Å². The first-order valence-corrected chi connectivity index (χ1v) is 8.51. The van der Waals surface area contributed by atoms with Crippen molar-refractivity contribution in [2.45, 2.75) is 11.1 Å². The first-order valence-electron chi connectivity index (χ1n) is 7.03. The number of nitrogens with one attached hydrogen (secondary N) is 1. The highest BCUT2D eigenvalue weighted by Gasteiger charge is 2.31. The SMILES string of the molecule is CN(C)C(=O)c1ccccc1NS(=O)(=O)c1cccc(C(F)(F)F)c1. The molecule has 2 aromatic rings. The summed E-state index contributed by atoms with van der Waals surface area (Å²) < 4.78 is 65.3. The van der Waals surface area contributed by atoms with Gasteiger partial charge in [-0.15, -0.1) is 0 Å². The molecule has 1 amide bonds. The zero-order valence-corrected chi connectivity index (χ0v) is 14.1. The molecule has 0 saturated heterocycles. The summed E-state index contributed by atoms with van der Waals surface area (Å²) in [5.41, 5.74) is -1.00. The summed E-state index contributed by atoms with van der Waals surface area (Å²) in [6.07, 6.45) is -4.66. The van der Waals surface area contributed by atoms with Crippen LogP contribution in [0.1, 0.15) is 15.9 Å². The van der Waals surface area contributed by atoms with Crippen molar-refractivity contribution in [2.75, 3.05) is 18.8 Å². The quantitative estimate of drug-likeness (QED) is 0.896. The molecule has 0 radical (unpaired) electrons. The third-order valence-corrected chi connectivity index (χ3v) is 4.64. The number of hydrogen-bond acceptors (Lipinski definition) is 3. The molecule has 134 valence electrons. The van der Waals surface area contributed by atoms with Gasteiger partial charge in [0.25, 0.3) is 15.9 Å². The fourth-order valence-corrected chi connectivity index (χ4v) is 3.17. The Labute approximate surface area is 143 Å². The topological polar surface area (TPSA) is 66.5 Å². The molecule has 0 aliphatic carbocycles. The number of anilines is 1. The largest absolute Gasteiger partial charge is 0.416 e. The molecule has 9 heteroatoms. The Morgan fingerprint density at radius 1 is 1.04 bits per heavy atom. The van der Waals surface area contributed by atoms with Crippen LogP contribution in [0.15, 0.2) is 53.4 Å². The van der Waals surface area contributed by atoms with Crippen LogP contribution in [0.25, 0.3) is 0 Å². The van der Waals surface area contributed by atoms with Crippen LogP contribution in [0.3, 0.4) is 0 Å². The van der Waals surface area contributed by atoms with E-state index in [1.54, 1.807) is 6.07 Å². The molecule has 2 rings (SSSR count). The molecule has 0 aromatic heterocycles. The highest BCUT2D eigenvalue weighted by Crippen LogP contribution is 2.31. The van der Waals surface area contributed by atoms with Gasteiger partial charge in [-0.1, -0.05) is 18.2 Å². The van der Waals surface area contributed by atoms with Crippen molar-refractivity contribution in [1.29, 1.82) is 0 Å². The highest BCUT2D eigenvalue weighted by molar-refractivity contribution is 7.92. The first-order chi connectivity index (χ1) is 11.5. The lowest BCUT2D eigenvalue weighted by Crippen LogP contribution is -2.24. The number of rotatable bonds is 4. The molecule has 0 unspecified atom stereocenters. The Bertz CT molecular complexity index is 893. The van der Waals surface area contributed by atoms with E-state index in [9.17, 15) is 26.4 Å². The first kappa shape index (κ1) is 18.8. The van der Waals surface area contributed by atoms with E-state index in [0.29, 0.717) is 6.07 Å². The monoisotopic (exact) mass is 372 g/mol. The minimum Gasteiger partial charge on any atom is -0.345 e. The van der Waals surface area contributed by atoms with Gasteiger partial charge >= 0.3 is 6.18 Å². The second-order valence-electron chi connectivity index (χ2n) is 5.38. The molecule has 0 atom stereocenters. The molecule has 0 heterocycles. The second kappa shape index (κ2) is 6.75. The average Bonchev–Trinajstić information content (AvgIpc) is 2.53. The van der Waals surface area contributed by atoms with Crippen LogP contribution in [0.5, 0.6) is 0 Å². The lowest BCUT2D eigenvalue weighted by atomic mass is 10.1. The van der Waals surface area contributed by atoms with E-state index in [2.05, 4.69) is 4.72 Å². The molecule has 0 spiro atoms. The number of nitrogens with zero attached hydrogens (tertiary/aromatic N) is 1. The van der Waals surface area contributed by atoms with Crippen molar-refractivity contribution in [1.82, 2.24) is 4.90 Å². The fraction of sp³-hybridized carbons (Fsp3) is 0.188. The van der Waals surface area contributed by atoms with Crippen LogP contribution < -0.4 is 4.72 Å². The van der Waals surface area contributed by atoms with Gasteiger partial charge in [0.15, 0.2) is 0 Å². The van der Waals surface area contributed by atoms with E-state index in [1.165, 1.54) is 37.2 Å². The van der Waals surface area contributed by atoms with Crippen LogP contribution in [-0.4, -0.2) is 33.3 Å². The Morgan fingerprint density at radius 2 is 1.68 bits per heavy atom. The number of carbonyl (C=O) groups is 1. The van der Waals surface area contributed by atoms with Gasteiger partial charge in [-0.05, 0) is 30.3 Å². The van der Waals surface area contributed by atoms with E-state index in [1.807, 2.05) is 0 Å². The van der Waals surface area contributed by atoms with E-state index in [4.69, 9.17) is 0 Å². The Hall–Kier alpha value is -2.55. The second-order valence-corrected chi connectivity index (χ2v) is 7.06. The number of hydrogen-bond donors (Lipinski definition) is 1. The number of sulfonamides is 1. The normalized spacial score (nSPS) is 11.9. The van der Waals surface area contributed by atoms with Crippen LogP contribution in [-0.2, 0) is 16.2 Å². The maximum Gasteiger partial charge on any atom is 0.416 e. The van der Waals surface area contributed by atoms with Gasteiger partial charge in [0.1, 0.15) is 0 Å². The van der Waals surface area contributed by atoms with Crippen molar-refractivity contribution in [2.24, 2.45) is 0 Å². The van der Waals surface area contributed by atoms with E-state index in [-0.39, 0.29) is 11.3 Å². The van der Waals surface area contributed by atoms with Crippen LogP contribution in [0.2, 0.25) is 0 Å². The van der Waals surface area contributed by atoms with Gasteiger partial charge < -0.3 is 4.90 Å². The lowest BCUT2D eigenvalue weighted by Gasteiger charge is -2.16. The molecular formula is C16H15F3N2O3S. The molecule has 0 saturated carbocycles. The lowest BCUT2D eigenvalue weighted by molar-refractivity contribution is -0.137. The number of amides is 1. The Morgan fingerprint density at radius 3 is 2.28 bits per heavy atom. The zero-order valence-electron chi connectivity index (χ0n) is 13.3. The highest BCUT2D eigenvalue weighted by atomic mass is 32.2. The average molecular weight is 372 g/mol. The summed E-state index contributed by atoms with van der Waals surface area (Å²) in [4.78, 5) is 12.8. The van der Waals surface area contributed by atoms with E-state index < -0.39 is 32.6 Å². The van der Waals surface area contributed by atoms with Gasteiger partial charge in [-0.25, -0.2) is 8.42 Å². The van der Waals surface area contributed by atoms with Crippen molar-refractivity contribution in [3.8, 4) is 0 Å². The van der Waals surface area contributed by atoms with Gasteiger partial charge in [0.2, 0.25) is 0 Å². The fourth-order valence-electron chi connectivity index (χ4n) is 2.04. The third-order valence-electron chi connectivity index (χ3n) is 3.28. The number of carbonyl (C=O) groups excluding carboxylic acids is 1. The number of benzene rings is 2. The van der Waals surface area contributed by atoms with Crippen molar-refractivity contribution < 1.29 is 26.4 Å². The van der Waals surface area contributed by atoms with Crippen molar-refractivity contribution in [3.05, 3.63) is 59.7 Å². The molecule has 25 heavy (non-hydrogen) atoms. The number of alkyl halides is 3. The third kappa shape index (κ3) is 4.30. The number of para-hydroxylation sites is 1. The minimum absolute atomic E-state index is 0.0152. The molecule has 1 N–H and O–H groups in total. The van der Waals surface area contributed by atoms with Gasteiger partial charge in [0.05, 0.1) is 21.7 Å². The smallest absolute Gasteiger partial charge is 0.345 e. The summed E-state index contributed by atoms with van der Waals surface area (Å²) in [5.74, 6) is -0.442. The van der Waals surface area contributed by atoms with Crippen molar-refractivity contribution >= 4 is 21.6 Å². The summed E-state index contributed by atoms with van der Waals surface area (Å²) in [6, 6.07) is 9.23. The summed E-state index contributed by atoms with van der Waals surface area (Å²) in [5, 5.41) is 0. The maximum absolute atomic E-state index is 12.8. The van der Waals surface area contributed by atoms with E-state index >= 15 is 0 Å². The molecular weight excluding hydrogens is 357 g/mol. The van der Waals surface area contributed by atoms with Gasteiger partial charge in [-0.3, -0.25) is 9.52 Å². The predicted molar refractivity (Wildman–Crippen MR) is 86.7 cm³/mol. The Balaban J connectivity index is 2.43. The zero-order chi connectivity index (χ0) is 18.8. The summed E-state index contributed by atoms with van der Waals surface area (Å²) in [6.45, 7) is 0. The van der Waals surface area contributed by atoms with Crippen molar-refractivity contribution in [3.63, 3.8) is 0 Å². The molecule has 5 nitrogen and oxygen atoms in total. The maximum atomic E-state index is 12.8. The molecule has 0 aliphatic rings. The molecule has 0 aliphatic heterocycles. The van der Waals surface area contributed by atoms with Crippen LogP contribution >= 0.6 is 0 Å². The summed E-state index contributed by atoms with van der Waals surface area (Å²) >= 11 is 0. The predicted octanol–water partition coefficient (Wildman–Crippen LogP) is 3.21. The molecule has 2 aromatic carbocycles. The Kier molecular flexibility index (Phi) is 5.07. The van der Waals surface area contributed by atoms with Crippen LogP contribution in [0.4, 0.5) is 18.9 Å². The summed E-state index contributed by atoms with van der Waals surface area (Å²) in [7, 11) is -1.30. The molecule has 0 fully saturated rings. The van der Waals surface area contributed by atoms with Crippen LogP contribution in [0, 0.1) is 0 Å². The van der Waals surface area contributed by atoms with Gasteiger partial charge in [-0.2, -0.15) is 13.2 Å². The molecule has 0 bridgehead atoms. The standard InChI is InChI=1S/C16H15F3N2O3S/c1-21(2)15(22)13-8-3-4-9-14(13)20-25(23,24)12-7-5-6-11(10-12)16(17,18)19/h3-10,20H,1-2H3. The number of halogens is 3. The van der Waals surface area contributed by atoms with E-state index in [0.717, 1.165) is 18.2 Å².